The Bertz CT molecular complexity index is 274. The van der Waals surface area contributed by atoms with E-state index in [-0.39, 0.29) is 18.2 Å². The highest BCUT2D eigenvalue weighted by Gasteiger charge is 2.41. The van der Waals surface area contributed by atoms with Crippen molar-refractivity contribution >= 4 is 6.09 Å². The number of amides is 1. The minimum atomic E-state index is -0.136. The summed E-state index contributed by atoms with van der Waals surface area (Å²) in [5, 5.41) is 0. The van der Waals surface area contributed by atoms with Crippen molar-refractivity contribution in [2.75, 3.05) is 19.8 Å². The van der Waals surface area contributed by atoms with Gasteiger partial charge in [-0.05, 0) is 31.6 Å². The van der Waals surface area contributed by atoms with E-state index >= 15 is 0 Å². The summed E-state index contributed by atoms with van der Waals surface area (Å²) in [5.41, 5.74) is 0. The molecule has 0 aromatic heterocycles. The molecule has 0 aromatic carbocycles. The van der Waals surface area contributed by atoms with E-state index in [2.05, 4.69) is 20.8 Å². The summed E-state index contributed by atoms with van der Waals surface area (Å²) in [6.45, 7) is 8.78. The molecule has 2 aliphatic heterocycles. The molecule has 0 aliphatic carbocycles. The van der Waals surface area contributed by atoms with Crippen LogP contribution < -0.4 is 0 Å². The molecule has 0 saturated carbocycles. The quantitative estimate of drug-likeness (QED) is 0.761. The summed E-state index contributed by atoms with van der Waals surface area (Å²) >= 11 is 0. The number of nitrogens with zero attached hydrogens (tertiary/aromatic N) is 1. The molecule has 1 unspecified atom stereocenters. The van der Waals surface area contributed by atoms with Gasteiger partial charge in [-0.2, -0.15) is 0 Å². The Hall–Kier alpha value is -0.770. The molecule has 2 aliphatic rings. The van der Waals surface area contributed by atoms with Gasteiger partial charge in [0.15, 0.2) is 0 Å². The van der Waals surface area contributed by atoms with E-state index in [0.29, 0.717) is 11.8 Å². The molecule has 98 valence electrons. The number of hydrogen-bond acceptors (Lipinski definition) is 3. The predicted molar refractivity (Wildman–Crippen MR) is 64.8 cm³/mol. The summed E-state index contributed by atoms with van der Waals surface area (Å²) < 4.78 is 10.8. The fourth-order valence-electron chi connectivity index (χ4n) is 2.77. The smallest absolute Gasteiger partial charge is 0.410 e. The molecule has 4 heteroatoms. The molecule has 2 atom stereocenters. The van der Waals surface area contributed by atoms with Crippen LogP contribution in [-0.4, -0.2) is 42.9 Å². The third-order valence-corrected chi connectivity index (χ3v) is 3.89. The van der Waals surface area contributed by atoms with Crippen LogP contribution in [0.1, 0.15) is 33.6 Å². The molecule has 0 radical (unpaired) electrons. The predicted octanol–water partition coefficient (Wildman–Crippen LogP) is 2.28. The van der Waals surface area contributed by atoms with Crippen LogP contribution in [0.2, 0.25) is 0 Å². The fraction of sp³-hybridized carbons (Fsp3) is 0.923. The second kappa shape index (κ2) is 5.25. The van der Waals surface area contributed by atoms with Crippen molar-refractivity contribution < 1.29 is 14.3 Å². The van der Waals surface area contributed by atoms with Gasteiger partial charge in [0.05, 0.1) is 6.04 Å². The summed E-state index contributed by atoms with van der Waals surface area (Å²) in [6, 6.07) is 0.199. The fourth-order valence-corrected chi connectivity index (χ4v) is 2.77. The van der Waals surface area contributed by atoms with E-state index in [9.17, 15) is 4.79 Å². The minimum absolute atomic E-state index is 0.0438. The van der Waals surface area contributed by atoms with E-state index in [4.69, 9.17) is 9.47 Å². The first-order chi connectivity index (χ1) is 8.09. The molecule has 0 spiro atoms. The van der Waals surface area contributed by atoms with Crippen molar-refractivity contribution in [2.45, 2.75) is 45.8 Å². The highest BCUT2D eigenvalue weighted by molar-refractivity contribution is 5.70. The van der Waals surface area contributed by atoms with E-state index in [1.54, 1.807) is 0 Å². The molecule has 2 rings (SSSR count). The number of carbonyl (C=O) groups excluding carboxylic acids is 1. The SMILES string of the molecule is CC(C)C1OC(=O)N(CC2CCOCC2)[C@@H]1C. The average Bonchev–Trinajstić information content (AvgIpc) is 2.58. The van der Waals surface area contributed by atoms with Crippen molar-refractivity contribution in [1.82, 2.24) is 4.90 Å². The van der Waals surface area contributed by atoms with E-state index < -0.39 is 0 Å². The standard InChI is InChI=1S/C13H23NO3/c1-9(2)12-10(3)14(13(15)17-12)8-11-4-6-16-7-5-11/h9-12H,4-8H2,1-3H3/t10-,12?/m1/s1. The summed E-state index contributed by atoms with van der Waals surface area (Å²) in [4.78, 5) is 13.7. The Morgan fingerprint density at radius 3 is 2.53 bits per heavy atom. The topological polar surface area (TPSA) is 38.8 Å². The Morgan fingerprint density at radius 2 is 2.00 bits per heavy atom. The molecular formula is C13H23NO3. The van der Waals surface area contributed by atoms with Crippen molar-refractivity contribution in [3.8, 4) is 0 Å². The van der Waals surface area contributed by atoms with Gasteiger partial charge in [-0.3, -0.25) is 0 Å². The van der Waals surface area contributed by atoms with Gasteiger partial charge in [-0.1, -0.05) is 13.8 Å². The van der Waals surface area contributed by atoms with Crippen LogP contribution in [0.15, 0.2) is 0 Å². The zero-order valence-corrected chi connectivity index (χ0v) is 11.0. The second-order valence-corrected chi connectivity index (χ2v) is 5.54. The first kappa shape index (κ1) is 12.7. The Kier molecular flexibility index (Phi) is 3.92. The van der Waals surface area contributed by atoms with Gasteiger partial charge < -0.3 is 14.4 Å². The summed E-state index contributed by atoms with van der Waals surface area (Å²) in [7, 11) is 0. The maximum atomic E-state index is 11.8. The zero-order valence-electron chi connectivity index (χ0n) is 11.0. The molecule has 0 aromatic rings. The van der Waals surface area contributed by atoms with Crippen LogP contribution >= 0.6 is 0 Å². The van der Waals surface area contributed by atoms with E-state index in [1.807, 2.05) is 4.90 Å². The number of ether oxygens (including phenoxy) is 2. The van der Waals surface area contributed by atoms with Crippen LogP contribution in [0.3, 0.4) is 0 Å². The maximum Gasteiger partial charge on any atom is 0.410 e. The Labute approximate surface area is 103 Å². The second-order valence-electron chi connectivity index (χ2n) is 5.54. The van der Waals surface area contributed by atoms with Crippen LogP contribution in [-0.2, 0) is 9.47 Å². The largest absolute Gasteiger partial charge is 0.444 e. The number of hydrogen-bond donors (Lipinski definition) is 0. The van der Waals surface area contributed by atoms with Gasteiger partial charge in [0, 0.05) is 19.8 Å². The van der Waals surface area contributed by atoms with Crippen LogP contribution in [0.5, 0.6) is 0 Å². The molecule has 2 heterocycles. The zero-order chi connectivity index (χ0) is 12.4. The molecule has 0 N–H and O–H groups in total. The number of cyclic esters (lactones) is 1. The number of rotatable bonds is 3. The Balaban J connectivity index is 1.93. The van der Waals surface area contributed by atoms with Crippen LogP contribution in [0, 0.1) is 11.8 Å². The third kappa shape index (κ3) is 2.73. The molecule has 2 fully saturated rings. The van der Waals surface area contributed by atoms with Gasteiger partial charge in [0.1, 0.15) is 6.10 Å². The average molecular weight is 241 g/mol. The lowest BCUT2D eigenvalue weighted by atomic mass is 9.97. The molecule has 2 saturated heterocycles. The van der Waals surface area contributed by atoms with Crippen molar-refractivity contribution in [2.24, 2.45) is 11.8 Å². The molecule has 0 bridgehead atoms. The van der Waals surface area contributed by atoms with Gasteiger partial charge >= 0.3 is 6.09 Å². The summed E-state index contributed by atoms with van der Waals surface area (Å²) in [6.07, 6.45) is 2.02. The maximum absolute atomic E-state index is 11.8. The van der Waals surface area contributed by atoms with Gasteiger partial charge in [0.2, 0.25) is 0 Å². The Morgan fingerprint density at radius 1 is 1.35 bits per heavy atom. The van der Waals surface area contributed by atoms with Gasteiger partial charge in [-0.25, -0.2) is 4.79 Å². The molecule has 1 amide bonds. The van der Waals surface area contributed by atoms with Crippen LogP contribution in [0.25, 0.3) is 0 Å². The highest BCUT2D eigenvalue weighted by atomic mass is 16.6. The van der Waals surface area contributed by atoms with Crippen LogP contribution in [0.4, 0.5) is 4.79 Å². The van der Waals surface area contributed by atoms with E-state index in [0.717, 1.165) is 32.6 Å². The molecule has 17 heavy (non-hydrogen) atoms. The number of carbonyl (C=O) groups is 1. The van der Waals surface area contributed by atoms with Gasteiger partial charge in [-0.15, -0.1) is 0 Å². The molecular weight excluding hydrogens is 218 g/mol. The molecule has 4 nitrogen and oxygen atoms in total. The minimum Gasteiger partial charge on any atom is -0.444 e. The summed E-state index contributed by atoms with van der Waals surface area (Å²) in [5.74, 6) is 0.957. The van der Waals surface area contributed by atoms with E-state index in [1.165, 1.54) is 0 Å². The van der Waals surface area contributed by atoms with Crippen molar-refractivity contribution in [3.05, 3.63) is 0 Å². The normalized spacial score (nSPS) is 31.1. The highest BCUT2D eigenvalue weighted by Crippen LogP contribution is 2.27. The van der Waals surface area contributed by atoms with Crippen molar-refractivity contribution in [3.63, 3.8) is 0 Å². The lowest BCUT2D eigenvalue weighted by molar-refractivity contribution is 0.0546. The monoisotopic (exact) mass is 241 g/mol. The third-order valence-electron chi connectivity index (χ3n) is 3.89. The lowest BCUT2D eigenvalue weighted by Crippen LogP contribution is -2.40. The first-order valence-electron chi connectivity index (χ1n) is 6.64. The van der Waals surface area contributed by atoms with Crippen molar-refractivity contribution in [1.29, 1.82) is 0 Å². The van der Waals surface area contributed by atoms with Gasteiger partial charge in [0.25, 0.3) is 0 Å². The lowest BCUT2D eigenvalue weighted by Gasteiger charge is -2.29. The first-order valence-corrected chi connectivity index (χ1v) is 6.64.